The van der Waals surface area contributed by atoms with E-state index in [1.165, 1.54) is 16.9 Å². The number of nitrogens with one attached hydrogen (secondary N) is 1. The van der Waals surface area contributed by atoms with Crippen LogP contribution in [0.3, 0.4) is 0 Å². The third-order valence-electron chi connectivity index (χ3n) is 4.95. The highest BCUT2D eigenvalue weighted by molar-refractivity contribution is 7.10. The van der Waals surface area contributed by atoms with Crippen molar-refractivity contribution in [3.8, 4) is 0 Å². The van der Waals surface area contributed by atoms with E-state index in [1.807, 2.05) is 29.2 Å². The number of amides is 1. The highest BCUT2D eigenvalue weighted by atomic mass is 32.1. The van der Waals surface area contributed by atoms with Crippen molar-refractivity contribution >= 4 is 22.9 Å². The van der Waals surface area contributed by atoms with Crippen molar-refractivity contribution in [2.24, 2.45) is 11.7 Å². The number of anilines is 1. The quantitative estimate of drug-likeness (QED) is 0.825. The molecule has 3 N–H and O–H groups in total. The zero-order valence-corrected chi connectivity index (χ0v) is 15.6. The highest BCUT2D eigenvalue weighted by Crippen LogP contribution is 2.25. The number of benzene rings is 1. The van der Waals surface area contributed by atoms with Crippen LogP contribution in [0, 0.1) is 12.8 Å². The third kappa shape index (κ3) is 4.41. The lowest BCUT2D eigenvalue weighted by Gasteiger charge is -2.33. The molecule has 1 atom stereocenters. The summed E-state index contributed by atoms with van der Waals surface area (Å²) in [4.78, 5) is 16.4. The largest absolute Gasteiger partial charge is 0.379 e. The summed E-state index contributed by atoms with van der Waals surface area (Å²) in [5.74, 6) is 0.671. The molecule has 0 aliphatic carbocycles. The van der Waals surface area contributed by atoms with Gasteiger partial charge in [0, 0.05) is 30.2 Å². The van der Waals surface area contributed by atoms with Gasteiger partial charge in [-0.05, 0) is 67.8 Å². The number of carbonyl (C=O) groups excluding carboxylic acids is 1. The van der Waals surface area contributed by atoms with E-state index in [4.69, 9.17) is 5.73 Å². The van der Waals surface area contributed by atoms with Crippen molar-refractivity contribution in [1.29, 1.82) is 0 Å². The molecular weight excluding hydrogens is 330 g/mol. The average Bonchev–Trinajstić information content (AvgIpc) is 3.05. The van der Waals surface area contributed by atoms with Crippen LogP contribution in [-0.4, -0.2) is 30.4 Å². The van der Waals surface area contributed by atoms with Gasteiger partial charge >= 0.3 is 0 Å². The summed E-state index contributed by atoms with van der Waals surface area (Å²) in [7, 11) is 0. The first-order valence-corrected chi connectivity index (χ1v) is 9.92. The molecule has 5 heteroatoms. The summed E-state index contributed by atoms with van der Waals surface area (Å²) in [6, 6.07) is 9.98. The summed E-state index contributed by atoms with van der Waals surface area (Å²) in [6.07, 6.45) is 3.25. The van der Waals surface area contributed by atoms with Crippen LogP contribution in [0.4, 0.5) is 5.69 Å². The Morgan fingerprint density at radius 2 is 2.20 bits per heavy atom. The first-order chi connectivity index (χ1) is 12.2. The monoisotopic (exact) mass is 357 g/mol. The lowest BCUT2D eigenvalue weighted by Crippen LogP contribution is -2.40. The second kappa shape index (κ2) is 8.50. The van der Waals surface area contributed by atoms with Gasteiger partial charge in [0.2, 0.25) is 0 Å². The molecule has 1 aromatic carbocycles. The van der Waals surface area contributed by atoms with Gasteiger partial charge in [-0.25, -0.2) is 0 Å². The summed E-state index contributed by atoms with van der Waals surface area (Å²) < 4.78 is 0. The number of thiophene rings is 1. The van der Waals surface area contributed by atoms with E-state index in [-0.39, 0.29) is 5.91 Å². The number of likely N-dealkylation sites (tertiary alicyclic amines) is 1. The predicted octanol–water partition coefficient (Wildman–Crippen LogP) is 3.87. The van der Waals surface area contributed by atoms with Crippen LogP contribution in [0.5, 0.6) is 0 Å². The molecule has 0 saturated carbocycles. The van der Waals surface area contributed by atoms with Gasteiger partial charge in [0.1, 0.15) is 0 Å². The molecule has 1 fully saturated rings. The van der Waals surface area contributed by atoms with E-state index >= 15 is 0 Å². The van der Waals surface area contributed by atoms with Gasteiger partial charge in [0.25, 0.3) is 5.91 Å². The predicted molar refractivity (Wildman–Crippen MR) is 105 cm³/mol. The number of aryl methyl sites for hydroxylation is 1. The number of para-hydroxylation sites is 1. The van der Waals surface area contributed by atoms with Crippen LogP contribution in [-0.2, 0) is 6.54 Å². The Kier molecular flexibility index (Phi) is 6.10. The van der Waals surface area contributed by atoms with Crippen molar-refractivity contribution in [1.82, 2.24) is 4.90 Å². The number of hydrogen-bond acceptors (Lipinski definition) is 4. The molecule has 0 spiro atoms. The molecule has 1 saturated heterocycles. The molecule has 4 nitrogen and oxygen atoms in total. The van der Waals surface area contributed by atoms with Gasteiger partial charge in [-0.15, -0.1) is 11.3 Å². The normalized spacial score (nSPS) is 17.5. The van der Waals surface area contributed by atoms with Crippen molar-refractivity contribution < 1.29 is 4.79 Å². The lowest BCUT2D eigenvalue weighted by atomic mass is 9.94. The Bertz CT molecular complexity index is 710. The number of carbonyl (C=O) groups is 1. The molecule has 134 valence electrons. The molecule has 25 heavy (non-hydrogen) atoms. The van der Waals surface area contributed by atoms with Gasteiger partial charge in [-0.2, -0.15) is 0 Å². The lowest BCUT2D eigenvalue weighted by molar-refractivity contribution is 0.0670. The zero-order chi connectivity index (χ0) is 17.6. The van der Waals surface area contributed by atoms with Gasteiger partial charge in [-0.3, -0.25) is 4.79 Å². The van der Waals surface area contributed by atoms with Crippen LogP contribution in [0.2, 0.25) is 0 Å². The van der Waals surface area contributed by atoms with Crippen LogP contribution in [0.1, 0.15) is 40.1 Å². The van der Waals surface area contributed by atoms with Crippen LogP contribution < -0.4 is 11.1 Å². The summed E-state index contributed by atoms with van der Waals surface area (Å²) in [6.45, 7) is 5.25. The number of rotatable bonds is 6. The molecule has 2 aromatic rings. The Labute approximate surface area is 154 Å². The van der Waals surface area contributed by atoms with Crippen molar-refractivity contribution in [2.75, 3.05) is 25.0 Å². The molecule has 1 aliphatic rings. The van der Waals surface area contributed by atoms with Crippen molar-refractivity contribution in [2.45, 2.75) is 32.7 Å². The fraction of sp³-hybridized carbons (Fsp3) is 0.450. The Balaban J connectivity index is 1.71. The molecule has 1 aliphatic heterocycles. The maximum atomic E-state index is 13.1. The molecule has 1 aromatic heterocycles. The van der Waals surface area contributed by atoms with Crippen LogP contribution in [0.15, 0.2) is 35.7 Å². The smallest absolute Gasteiger partial charge is 0.255 e. The molecule has 0 radical (unpaired) electrons. The van der Waals surface area contributed by atoms with Gasteiger partial charge < -0.3 is 16.0 Å². The van der Waals surface area contributed by atoms with E-state index in [2.05, 4.69) is 23.7 Å². The first-order valence-electron chi connectivity index (χ1n) is 9.04. The van der Waals surface area contributed by atoms with Crippen molar-refractivity contribution in [3.63, 3.8) is 0 Å². The topological polar surface area (TPSA) is 58.4 Å². The number of hydrogen-bond donors (Lipinski definition) is 2. The number of nitrogens with two attached hydrogens (primary N) is 1. The van der Waals surface area contributed by atoms with E-state index in [1.54, 1.807) is 11.3 Å². The molecule has 3 rings (SSSR count). The first kappa shape index (κ1) is 18.0. The zero-order valence-electron chi connectivity index (χ0n) is 14.8. The standard InChI is InChI=1S/C20H27N3OS/c1-15-9-12-25-19(15)13-22-18-7-3-2-6-17(18)20(24)23-11-4-5-16(14-23)8-10-21/h2-3,6-7,9,12,16,22H,4-5,8,10-11,13-14,21H2,1H3/t16-/m0/s1. The van der Waals surface area contributed by atoms with E-state index in [0.29, 0.717) is 12.5 Å². The maximum Gasteiger partial charge on any atom is 0.255 e. The second-order valence-corrected chi connectivity index (χ2v) is 7.76. The van der Waals surface area contributed by atoms with Gasteiger partial charge in [0.05, 0.1) is 5.56 Å². The minimum atomic E-state index is 0.132. The van der Waals surface area contributed by atoms with E-state index < -0.39 is 0 Å². The Morgan fingerprint density at radius 1 is 1.36 bits per heavy atom. The summed E-state index contributed by atoms with van der Waals surface area (Å²) in [5, 5.41) is 5.56. The summed E-state index contributed by atoms with van der Waals surface area (Å²) >= 11 is 1.75. The molecular formula is C20H27N3OS. The fourth-order valence-electron chi connectivity index (χ4n) is 3.48. The second-order valence-electron chi connectivity index (χ2n) is 6.76. The number of piperidine rings is 1. The maximum absolute atomic E-state index is 13.1. The number of nitrogens with zero attached hydrogens (tertiary/aromatic N) is 1. The fourth-order valence-corrected chi connectivity index (χ4v) is 4.32. The van der Waals surface area contributed by atoms with E-state index in [0.717, 1.165) is 43.7 Å². The minimum absolute atomic E-state index is 0.132. The van der Waals surface area contributed by atoms with Gasteiger partial charge in [-0.1, -0.05) is 12.1 Å². The molecule has 2 heterocycles. The van der Waals surface area contributed by atoms with Crippen molar-refractivity contribution in [3.05, 3.63) is 51.7 Å². The highest BCUT2D eigenvalue weighted by Gasteiger charge is 2.25. The SMILES string of the molecule is Cc1ccsc1CNc1ccccc1C(=O)N1CCC[C@@H](CCN)C1. The summed E-state index contributed by atoms with van der Waals surface area (Å²) in [5.41, 5.74) is 8.68. The van der Waals surface area contributed by atoms with E-state index in [9.17, 15) is 4.79 Å². The van der Waals surface area contributed by atoms with Crippen LogP contribution in [0.25, 0.3) is 0 Å². The minimum Gasteiger partial charge on any atom is -0.379 e. The molecule has 0 unspecified atom stereocenters. The third-order valence-corrected chi connectivity index (χ3v) is 5.97. The Morgan fingerprint density at radius 3 is 2.96 bits per heavy atom. The molecule has 0 bridgehead atoms. The average molecular weight is 358 g/mol. The molecule has 1 amide bonds. The Hall–Kier alpha value is -1.85. The van der Waals surface area contributed by atoms with Crippen LogP contribution >= 0.6 is 11.3 Å². The van der Waals surface area contributed by atoms with Gasteiger partial charge in [0.15, 0.2) is 0 Å².